The van der Waals surface area contributed by atoms with Gasteiger partial charge in [-0.3, -0.25) is 0 Å². The van der Waals surface area contributed by atoms with E-state index in [1.807, 2.05) is 24.3 Å². The third-order valence-electron chi connectivity index (χ3n) is 6.07. The van der Waals surface area contributed by atoms with Gasteiger partial charge in [-0.05, 0) is 28.7 Å². The molecule has 1 aliphatic carbocycles. The number of rotatable bonds is 22. The van der Waals surface area contributed by atoms with E-state index < -0.39 is 6.09 Å². The summed E-state index contributed by atoms with van der Waals surface area (Å²) in [5.41, 5.74) is 4.80. The highest BCUT2D eigenvalue weighted by molar-refractivity contribution is 5.79. The molecule has 0 spiro atoms. The van der Waals surface area contributed by atoms with Gasteiger partial charge in [0.2, 0.25) is 0 Å². The summed E-state index contributed by atoms with van der Waals surface area (Å²) in [6.07, 6.45) is 0.579. The molecule has 0 aromatic heterocycles. The van der Waals surface area contributed by atoms with Crippen LogP contribution in [0.5, 0.6) is 0 Å². The van der Waals surface area contributed by atoms with Crippen molar-refractivity contribution in [2.45, 2.75) is 19.3 Å². The second-order valence-electron chi connectivity index (χ2n) is 8.93. The van der Waals surface area contributed by atoms with Gasteiger partial charge in [0, 0.05) is 19.1 Å². The van der Waals surface area contributed by atoms with Crippen LogP contribution in [0.15, 0.2) is 48.5 Å². The lowest BCUT2D eigenvalue weighted by molar-refractivity contribution is -0.0165. The van der Waals surface area contributed by atoms with Gasteiger partial charge in [0.05, 0.1) is 72.7 Å². The van der Waals surface area contributed by atoms with Gasteiger partial charge >= 0.3 is 6.09 Å². The van der Waals surface area contributed by atoms with E-state index in [1.54, 1.807) is 0 Å². The van der Waals surface area contributed by atoms with Crippen molar-refractivity contribution < 1.29 is 38.0 Å². The lowest BCUT2D eigenvalue weighted by Crippen LogP contribution is -2.29. The number of hydrogen-bond donors (Lipinski definition) is 1. The lowest BCUT2D eigenvalue weighted by atomic mass is 9.98. The van der Waals surface area contributed by atoms with Crippen LogP contribution in [0.1, 0.15) is 30.4 Å². The summed E-state index contributed by atoms with van der Waals surface area (Å²) in [5.74, 6) is 0.0495. The van der Waals surface area contributed by atoms with E-state index in [0.29, 0.717) is 85.8 Å². The van der Waals surface area contributed by atoms with Crippen LogP contribution in [0, 0.1) is 0 Å². The molecular weight excluding hydrogens is 502 g/mol. The van der Waals surface area contributed by atoms with Crippen molar-refractivity contribution in [2.24, 2.45) is 0 Å². The Morgan fingerprint density at radius 1 is 0.615 bits per heavy atom. The molecule has 9 nitrogen and oxygen atoms in total. The van der Waals surface area contributed by atoms with E-state index >= 15 is 0 Å². The van der Waals surface area contributed by atoms with Gasteiger partial charge in [-0.2, -0.15) is 0 Å². The normalized spacial score (nSPS) is 12.3. The molecule has 2 aromatic rings. The van der Waals surface area contributed by atoms with E-state index in [0.717, 1.165) is 13.0 Å². The van der Waals surface area contributed by atoms with Crippen LogP contribution in [0.25, 0.3) is 11.1 Å². The number of ether oxygens (including phenoxy) is 7. The second kappa shape index (κ2) is 19.5. The summed E-state index contributed by atoms with van der Waals surface area (Å²) in [6, 6.07) is 16.5. The Hall–Kier alpha value is -2.53. The molecule has 1 aliphatic rings. The van der Waals surface area contributed by atoms with Crippen LogP contribution >= 0.6 is 0 Å². The number of fused-ring (bicyclic) bond motifs is 3. The minimum atomic E-state index is -0.442. The van der Waals surface area contributed by atoms with E-state index in [4.69, 9.17) is 33.2 Å². The van der Waals surface area contributed by atoms with Gasteiger partial charge in [-0.15, -0.1) is 0 Å². The van der Waals surface area contributed by atoms with Crippen molar-refractivity contribution in [3.05, 3.63) is 59.7 Å². The van der Waals surface area contributed by atoms with Gasteiger partial charge in [0.1, 0.15) is 6.61 Å². The molecule has 1 amide bonds. The fourth-order valence-electron chi connectivity index (χ4n) is 4.22. The summed E-state index contributed by atoms with van der Waals surface area (Å²) in [7, 11) is 0. The monoisotopic (exact) mass is 545 g/mol. The van der Waals surface area contributed by atoms with Crippen LogP contribution in [0.3, 0.4) is 0 Å². The summed E-state index contributed by atoms with van der Waals surface area (Å²) in [5, 5.41) is 2.74. The van der Waals surface area contributed by atoms with Crippen LogP contribution in [0.2, 0.25) is 0 Å². The predicted octanol–water partition coefficient (Wildman–Crippen LogP) is 4.03. The summed E-state index contributed by atoms with van der Waals surface area (Å²) < 4.78 is 38.1. The SMILES string of the molecule is CCCOCCOCCOCCOCCOCCOCCNC(=O)OCC1c2ccccc2-c2ccccc21. The number of nitrogens with one attached hydrogen (secondary N) is 1. The van der Waals surface area contributed by atoms with Gasteiger partial charge in [0.25, 0.3) is 0 Å². The molecule has 0 fully saturated rings. The van der Waals surface area contributed by atoms with Crippen LogP contribution in [-0.2, 0) is 33.2 Å². The topological polar surface area (TPSA) is 93.7 Å². The number of benzene rings is 2. The molecular formula is C30H43NO8. The molecule has 2 aromatic carbocycles. The first-order valence-corrected chi connectivity index (χ1v) is 13.9. The molecule has 0 aliphatic heterocycles. The van der Waals surface area contributed by atoms with E-state index in [-0.39, 0.29) is 5.92 Å². The maximum Gasteiger partial charge on any atom is 0.407 e. The maximum atomic E-state index is 12.2. The minimum absolute atomic E-state index is 0.0495. The predicted molar refractivity (Wildman–Crippen MR) is 148 cm³/mol. The first kappa shape index (κ1) is 31.0. The molecule has 0 heterocycles. The first-order valence-electron chi connectivity index (χ1n) is 13.9. The zero-order valence-electron chi connectivity index (χ0n) is 23.1. The van der Waals surface area contributed by atoms with Gasteiger partial charge in [-0.1, -0.05) is 55.5 Å². The smallest absolute Gasteiger partial charge is 0.407 e. The molecule has 0 unspecified atom stereocenters. The zero-order chi connectivity index (χ0) is 27.4. The Bertz CT molecular complexity index is 895. The molecule has 0 atom stereocenters. The molecule has 0 radical (unpaired) electrons. The molecule has 1 N–H and O–H groups in total. The Balaban J connectivity index is 1.09. The minimum Gasteiger partial charge on any atom is -0.449 e. The number of carbonyl (C=O) groups excluding carboxylic acids is 1. The van der Waals surface area contributed by atoms with E-state index in [1.165, 1.54) is 22.3 Å². The Labute approximate surface area is 232 Å². The highest BCUT2D eigenvalue weighted by atomic mass is 16.6. The molecule has 39 heavy (non-hydrogen) atoms. The van der Waals surface area contributed by atoms with Crippen molar-refractivity contribution in [3.63, 3.8) is 0 Å². The molecule has 0 saturated heterocycles. The second-order valence-corrected chi connectivity index (χ2v) is 8.93. The van der Waals surface area contributed by atoms with Crippen LogP contribution in [0.4, 0.5) is 4.79 Å². The number of amides is 1. The fraction of sp³-hybridized carbons (Fsp3) is 0.567. The largest absolute Gasteiger partial charge is 0.449 e. The van der Waals surface area contributed by atoms with Gasteiger partial charge < -0.3 is 38.5 Å². The average molecular weight is 546 g/mol. The average Bonchev–Trinajstić information content (AvgIpc) is 3.28. The quantitative estimate of drug-likeness (QED) is 0.222. The van der Waals surface area contributed by atoms with Crippen molar-refractivity contribution in [1.29, 1.82) is 0 Å². The molecule has 3 rings (SSSR count). The Morgan fingerprint density at radius 2 is 1.03 bits per heavy atom. The van der Waals surface area contributed by atoms with E-state index in [9.17, 15) is 4.79 Å². The van der Waals surface area contributed by atoms with E-state index in [2.05, 4.69) is 36.5 Å². The van der Waals surface area contributed by atoms with Crippen molar-refractivity contribution in [3.8, 4) is 11.1 Å². The standard InChI is InChI=1S/C30H43NO8/c1-2-12-33-14-16-35-18-20-37-22-23-38-21-19-36-17-15-34-13-11-31-30(32)39-24-29-27-9-5-3-7-25(27)26-8-4-6-10-28(26)29/h3-10,29H,2,11-24H2,1H3,(H,31,32). The lowest BCUT2D eigenvalue weighted by Gasteiger charge is -2.14. The molecule has 0 bridgehead atoms. The number of hydrogen-bond acceptors (Lipinski definition) is 8. The van der Waals surface area contributed by atoms with Gasteiger partial charge in [0.15, 0.2) is 0 Å². The molecule has 216 valence electrons. The van der Waals surface area contributed by atoms with Crippen molar-refractivity contribution >= 4 is 6.09 Å². The van der Waals surface area contributed by atoms with Crippen molar-refractivity contribution in [2.75, 3.05) is 92.4 Å². The van der Waals surface area contributed by atoms with Crippen LogP contribution in [-0.4, -0.2) is 98.5 Å². The first-order chi connectivity index (χ1) is 19.3. The maximum absolute atomic E-state index is 12.2. The third-order valence-corrected chi connectivity index (χ3v) is 6.07. The summed E-state index contributed by atoms with van der Waals surface area (Å²) in [4.78, 5) is 12.2. The molecule has 0 saturated carbocycles. The fourth-order valence-corrected chi connectivity index (χ4v) is 4.22. The van der Waals surface area contributed by atoms with Crippen LogP contribution < -0.4 is 5.32 Å². The van der Waals surface area contributed by atoms with Gasteiger partial charge in [-0.25, -0.2) is 4.79 Å². The third kappa shape index (κ3) is 11.6. The highest BCUT2D eigenvalue weighted by Crippen LogP contribution is 2.44. The Kier molecular flexibility index (Phi) is 15.5. The number of alkyl carbamates (subject to hydrolysis) is 1. The van der Waals surface area contributed by atoms with Crippen molar-refractivity contribution in [1.82, 2.24) is 5.32 Å². The molecule has 9 heteroatoms. The Morgan fingerprint density at radius 3 is 1.49 bits per heavy atom. The number of carbonyl (C=O) groups is 1. The zero-order valence-corrected chi connectivity index (χ0v) is 23.1. The summed E-state index contributed by atoms with van der Waals surface area (Å²) >= 11 is 0. The highest BCUT2D eigenvalue weighted by Gasteiger charge is 2.28. The summed E-state index contributed by atoms with van der Waals surface area (Å²) in [6.45, 7) is 9.16.